The van der Waals surface area contributed by atoms with Crippen molar-refractivity contribution in [2.45, 2.75) is 70.2 Å². The molecule has 1 saturated carbocycles. The van der Waals surface area contributed by atoms with E-state index in [1.54, 1.807) is 0 Å². The Kier molecular flexibility index (Phi) is 4.68. The first-order chi connectivity index (χ1) is 8.92. The summed E-state index contributed by atoms with van der Waals surface area (Å²) in [5.74, 6) is 0. The Bertz CT molecular complexity index is 302. The molecule has 0 bridgehead atoms. The molecule has 0 spiro atoms. The SMILES string of the molecule is CC(C)(C)OC(=O)NC1CC(NC2CCCNC2)C1. The number of ether oxygens (including phenoxy) is 1. The maximum Gasteiger partial charge on any atom is 0.407 e. The number of carbonyl (C=O) groups is 1. The lowest BCUT2D eigenvalue weighted by Crippen LogP contribution is -2.57. The van der Waals surface area contributed by atoms with Gasteiger partial charge in [0.25, 0.3) is 0 Å². The maximum absolute atomic E-state index is 11.6. The molecule has 0 aromatic heterocycles. The van der Waals surface area contributed by atoms with Crippen molar-refractivity contribution in [3.05, 3.63) is 0 Å². The van der Waals surface area contributed by atoms with Crippen molar-refractivity contribution in [3.63, 3.8) is 0 Å². The third-order valence-corrected chi connectivity index (χ3v) is 3.63. The Labute approximate surface area is 115 Å². The molecular weight excluding hydrogens is 242 g/mol. The molecule has 0 aromatic carbocycles. The minimum atomic E-state index is -0.417. The largest absolute Gasteiger partial charge is 0.444 e. The van der Waals surface area contributed by atoms with Crippen LogP contribution < -0.4 is 16.0 Å². The molecule has 1 aliphatic carbocycles. The van der Waals surface area contributed by atoms with Gasteiger partial charge in [0.05, 0.1) is 0 Å². The highest BCUT2D eigenvalue weighted by atomic mass is 16.6. The number of piperidine rings is 1. The van der Waals surface area contributed by atoms with E-state index < -0.39 is 5.60 Å². The Morgan fingerprint density at radius 1 is 1.21 bits per heavy atom. The summed E-state index contributed by atoms with van der Waals surface area (Å²) >= 11 is 0. The van der Waals surface area contributed by atoms with Crippen LogP contribution in [-0.2, 0) is 4.74 Å². The fourth-order valence-electron chi connectivity index (χ4n) is 2.67. The number of hydrogen-bond donors (Lipinski definition) is 3. The predicted molar refractivity (Wildman–Crippen MR) is 75.2 cm³/mol. The average molecular weight is 269 g/mol. The molecule has 0 aromatic rings. The maximum atomic E-state index is 11.6. The van der Waals surface area contributed by atoms with Gasteiger partial charge in [-0.2, -0.15) is 0 Å². The zero-order chi connectivity index (χ0) is 13.9. The molecule has 1 saturated heterocycles. The number of carbonyl (C=O) groups excluding carboxylic acids is 1. The van der Waals surface area contributed by atoms with Gasteiger partial charge >= 0.3 is 6.09 Å². The fraction of sp³-hybridized carbons (Fsp3) is 0.929. The van der Waals surface area contributed by atoms with Crippen molar-refractivity contribution in [2.24, 2.45) is 0 Å². The van der Waals surface area contributed by atoms with E-state index in [-0.39, 0.29) is 12.1 Å². The number of amides is 1. The molecule has 2 aliphatic rings. The number of rotatable bonds is 3. The average Bonchev–Trinajstić information content (AvgIpc) is 2.25. The second kappa shape index (κ2) is 6.09. The first-order valence-corrected chi connectivity index (χ1v) is 7.38. The van der Waals surface area contributed by atoms with Gasteiger partial charge in [0, 0.05) is 24.7 Å². The zero-order valence-corrected chi connectivity index (χ0v) is 12.3. The number of hydrogen-bond acceptors (Lipinski definition) is 4. The van der Waals surface area contributed by atoms with E-state index in [4.69, 9.17) is 4.74 Å². The summed E-state index contributed by atoms with van der Waals surface area (Å²) in [4.78, 5) is 11.6. The summed E-state index contributed by atoms with van der Waals surface area (Å²) in [6.07, 6.45) is 4.23. The molecule has 1 amide bonds. The molecule has 3 N–H and O–H groups in total. The van der Waals surface area contributed by atoms with Crippen LogP contribution in [0.15, 0.2) is 0 Å². The van der Waals surface area contributed by atoms with Gasteiger partial charge < -0.3 is 20.7 Å². The van der Waals surface area contributed by atoms with Crippen LogP contribution in [0.1, 0.15) is 46.5 Å². The van der Waals surface area contributed by atoms with Crippen LogP contribution in [0.4, 0.5) is 4.79 Å². The lowest BCUT2D eigenvalue weighted by atomic mass is 9.86. The van der Waals surface area contributed by atoms with E-state index in [2.05, 4.69) is 16.0 Å². The van der Waals surface area contributed by atoms with Gasteiger partial charge in [-0.25, -0.2) is 4.79 Å². The zero-order valence-electron chi connectivity index (χ0n) is 12.3. The first kappa shape index (κ1) is 14.6. The van der Waals surface area contributed by atoms with Crippen LogP contribution in [-0.4, -0.2) is 42.9 Å². The Hall–Kier alpha value is -0.810. The van der Waals surface area contributed by atoms with Crippen LogP contribution >= 0.6 is 0 Å². The molecule has 2 fully saturated rings. The van der Waals surface area contributed by atoms with E-state index >= 15 is 0 Å². The lowest BCUT2D eigenvalue weighted by Gasteiger charge is -2.39. The molecule has 19 heavy (non-hydrogen) atoms. The summed E-state index contributed by atoms with van der Waals surface area (Å²) in [7, 11) is 0. The molecule has 1 atom stereocenters. The first-order valence-electron chi connectivity index (χ1n) is 7.38. The predicted octanol–water partition coefficient (Wildman–Crippen LogP) is 1.38. The van der Waals surface area contributed by atoms with E-state index in [0.717, 1.165) is 25.9 Å². The highest BCUT2D eigenvalue weighted by Crippen LogP contribution is 2.22. The van der Waals surface area contributed by atoms with E-state index in [1.807, 2.05) is 20.8 Å². The van der Waals surface area contributed by atoms with E-state index in [0.29, 0.717) is 12.1 Å². The van der Waals surface area contributed by atoms with Crippen molar-refractivity contribution in [3.8, 4) is 0 Å². The van der Waals surface area contributed by atoms with Crippen molar-refractivity contribution < 1.29 is 9.53 Å². The highest BCUT2D eigenvalue weighted by Gasteiger charge is 2.32. The van der Waals surface area contributed by atoms with Gasteiger partial charge in [0.15, 0.2) is 0 Å². The van der Waals surface area contributed by atoms with Crippen LogP contribution in [0.25, 0.3) is 0 Å². The second-order valence-electron chi connectivity index (χ2n) is 6.72. The van der Waals surface area contributed by atoms with Crippen molar-refractivity contribution >= 4 is 6.09 Å². The number of nitrogens with one attached hydrogen (secondary N) is 3. The Balaban J connectivity index is 1.59. The fourth-order valence-corrected chi connectivity index (χ4v) is 2.67. The van der Waals surface area contributed by atoms with Gasteiger partial charge in [-0.1, -0.05) is 0 Å². The van der Waals surface area contributed by atoms with Crippen LogP contribution in [0.2, 0.25) is 0 Å². The monoisotopic (exact) mass is 269 g/mol. The lowest BCUT2D eigenvalue weighted by molar-refractivity contribution is 0.0462. The normalized spacial score (nSPS) is 31.4. The molecule has 1 heterocycles. The van der Waals surface area contributed by atoms with Gasteiger partial charge in [-0.05, 0) is 53.0 Å². The smallest absolute Gasteiger partial charge is 0.407 e. The molecule has 5 nitrogen and oxygen atoms in total. The molecular formula is C14H27N3O2. The molecule has 110 valence electrons. The molecule has 1 unspecified atom stereocenters. The Morgan fingerprint density at radius 2 is 1.95 bits per heavy atom. The molecule has 5 heteroatoms. The van der Waals surface area contributed by atoms with Crippen molar-refractivity contribution in [1.29, 1.82) is 0 Å². The van der Waals surface area contributed by atoms with Gasteiger partial charge in [-0.3, -0.25) is 0 Å². The number of alkyl carbamates (subject to hydrolysis) is 1. The second-order valence-corrected chi connectivity index (χ2v) is 6.72. The summed E-state index contributed by atoms with van der Waals surface area (Å²) in [5.41, 5.74) is -0.417. The van der Waals surface area contributed by atoms with Gasteiger partial charge in [-0.15, -0.1) is 0 Å². The Morgan fingerprint density at radius 3 is 2.53 bits per heavy atom. The summed E-state index contributed by atoms with van der Waals surface area (Å²) < 4.78 is 5.25. The van der Waals surface area contributed by atoms with Crippen LogP contribution in [0.5, 0.6) is 0 Å². The summed E-state index contributed by atoms with van der Waals surface area (Å²) in [6.45, 7) is 7.86. The van der Waals surface area contributed by atoms with E-state index in [1.165, 1.54) is 12.8 Å². The molecule has 1 aliphatic heterocycles. The summed E-state index contributed by atoms with van der Waals surface area (Å²) in [5, 5.41) is 9.98. The minimum absolute atomic E-state index is 0.267. The topological polar surface area (TPSA) is 62.4 Å². The van der Waals surface area contributed by atoms with E-state index in [9.17, 15) is 4.79 Å². The van der Waals surface area contributed by atoms with Crippen molar-refractivity contribution in [1.82, 2.24) is 16.0 Å². The summed E-state index contributed by atoms with van der Waals surface area (Å²) in [6, 6.07) is 1.41. The third-order valence-electron chi connectivity index (χ3n) is 3.63. The minimum Gasteiger partial charge on any atom is -0.444 e. The van der Waals surface area contributed by atoms with Crippen molar-refractivity contribution in [2.75, 3.05) is 13.1 Å². The van der Waals surface area contributed by atoms with Crippen LogP contribution in [0.3, 0.4) is 0 Å². The van der Waals surface area contributed by atoms with Gasteiger partial charge in [0.2, 0.25) is 0 Å². The standard InChI is InChI=1S/C14H27N3O2/c1-14(2,3)19-13(18)17-12-7-11(8-12)16-10-5-4-6-15-9-10/h10-12,15-16H,4-9H2,1-3H3,(H,17,18). The highest BCUT2D eigenvalue weighted by molar-refractivity contribution is 5.68. The quantitative estimate of drug-likeness (QED) is 0.724. The van der Waals surface area contributed by atoms with Crippen LogP contribution in [0, 0.1) is 0 Å². The third kappa shape index (κ3) is 4.99. The molecule has 0 radical (unpaired) electrons. The molecule has 2 rings (SSSR count). The van der Waals surface area contributed by atoms with Gasteiger partial charge in [0.1, 0.15) is 5.60 Å².